The molecule has 0 amide bonds. The van der Waals surface area contributed by atoms with Crippen molar-refractivity contribution < 1.29 is 18.3 Å². The Morgan fingerprint density at radius 1 is 1.16 bits per heavy atom. The molecular formula is C20H17F2NO2. The predicted octanol–water partition coefficient (Wildman–Crippen LogP) is 4.87. The summed E-state index contributed by atoms with van der Waals surface area (Å²) in [6.07, 6.45) is 1.07. The maximum atomic E-state index is 14.8. The largest absolute Gasteiger partial charge is 0.461 e. The summed E-state index contributed by atoms with van der Waals surface area (Å²) in [7, 11) is 0. The van der Waals surface area contributed by atoms with Crippen molar-refractivity contribution in [2.24, 2.45) is 0 Å². The van der Waals surface area contributed by atoms with Crippen molar-refractivity contribution in [3.05, 3.63) is 65.9 Å². The van der Waals surface area contributed by atoms with E-state index in [4.69, 9.17) is 0 Å². The van der Waals surface area contributed by atoms with E-state index in [1.165, 1.54) is 6.92 Å². The highest BCUT2D eigenvalue weighted by Crippen LogP contribution is 2.40. The molecule has 0 spiro atoms. The lowest BCUT2D eigenvalue weighted by atomic mass is 9.92. The molecule has 25 heavy (non-hydrogen) atoms. The van der Waals surface area contributed by atoms with Crippen molar-refractivity contribution in [1.82, 2.24) is 4.98 Å². The maximum absolute atomic E-state index is 14.8. The van der Waals surface area contributed by atoms with Crippen LogP contribution in [0.15, 0.2) is 54.7 Å². The van der Waals surface area contributed by atoms with Crippen LogP contribution in [-0.2, 0) is 15.5 Å². The molecule has 0 aliphatic carbocycles. The maximum Gasteiger partial charge on any atom is 0.382 e. The molecule has 0 saturated carbocycles. The highest BCUT2D eigenvalue weighted by atomic mass is 19.3. The molecule has 0 fully saturated rings. The Hall–Kier alpha value is -2.82. The number of ether oxygens (including phenoxy) is 1. The number of alkyl halides is 2. The van der Waals surface area contributed by atoms with Gasteiger partial charge in [-0.05, 0) is 25.5 Å². The highest BCUT2D eigenvalue weighted by molar-refractivity contribution is 5.98. The number of carbonyl (C=O) groups excluding carboxylic acids is 1. The zero-order valence-corrected chi connectivity index (χ0v) is 13.9. The first-order chi connectivity index (χ1) is 11.9. The average Bonchev–Trinajstić information content (AvgIpc) is 2.60. The van der Waals surface area contributed by atoms with Crippen molar-refractivity contribution >= 4 is 16.9 Å². The van der Waals surface area contributed by atoms with Crippen LogP contribution in [0.2, 0.25) is 0 Å². The number of halogens is 2. The molecule has 0 bridgehead atoms. The van der Waals surface area contributed by atoms with Gasteiger partial charge in [-0.3, -0.25) is 4.98 Å². The van der Waals surface area contributed by atoms with Crippen LogP contribution in [-0.4, -0.2) is 17.6 Å². The van der Waals surface area contributed by atoms with Crippen LogP contribution in [0, 0.1) is 6.92 Å². The Kier molecular flexibility index (Phi) is 4.49. The van der Waals surface area contributed by atoms with E-state index in [9.17, 15) is 13.6 Å². The molecule has 3 nitrogen and oxygen atoms in total. The lowest BCUT2D eigenvalue weighted by molar-refractivity contribution is -0.173. The number of aryl methyl sites for hydroxylation is 1. The molecule has 0 N–H and O–H groups in total. The van der Waals surface area contributed by atoms with Gasteiger partial charge in [0.15, 0.2) is 0 Å². The Bertz CT molecular complexity index is 938. The fourth-order valence-electron chi connectivity index (χ4n) is 2.82. The third-order valence-corrected chi connectivity index (χ3v) is 3.95. The minimum Gasteiger partial charge on any atom is -0.461 e. The van der Waals surface area contributed by atoms with E-state index >= 15 is 0 Å². The van der Waals surface area contributed by atoms with E-state index in [-0.39, 0.29) is 6.61 Å². The highest BCUT2D eigenvalue weighted by Gasteiger charge is 2.45. The summed E-state index contributed by atoms with van der Waals surface area (Å²) >= 11 is 0. The number of esters is 1. The molecule has 0 atom stereocenters. The molecule has 1 heterocycles. The first-order valence-corrected chi connectivity index (χ1v) is 7.95. The number of pyridine rings is 1. The second-order valence-corrected chi connectivity index (χ2v) is 5.73. The van der Waals surface area contributed by atoms with Gasteiger partial charge < -0.3 is 4.74 Å². The van der Waals surface area contributed by atoms with Gasteiger partial charge in [-0.25, -0.2) is 4.79 Å². The third kappa shape index (κ3) is 3.09. The number of nitrogens with zero attached hydrogens (tertiary/aromatic N) is 1. The summed E-state index contributed by atoms with van der Waals surface area (Å²) in [5.74, 6) is -5.35. The van der Waals surface area contributed by atoms with Gasteiger partial charge in [0.1, 0.15) is 0 Å². The quantitative estimate of drug-likeness (QED) is 0.636. The van der Waals surface area contributed by atoms with Crippen LogP contribution in [0.25, 0.3) is 22.0 Å². The second-order valence-electron chi connectivity index (χ2n) is 5.73. The van der Waals surface area contributed by atoms with Crippen LogP contribution >= 0.6 is 0 Å². The number of hydrogen-bond donors (Lipinski definition) is 0. The van der Waals surface area contributed by atoms with Gasteiger partial charge in [0.25, 0.3) is 0 Å². The van der Waals surface area contributed by atoms with Gasteiger partial charge in [0, 0.05) is 17.1 Å². The van der Waals surface area contributed by atoms with Crippen LogP contribution in [0.4, 0.5) is 8.78 Å². The smallest absolute Gasteiger partial charge is 0.382 e. The van der Waals surface area contributed by atoms with Crippen LogP contribution in [0.1, 0.15) is 18.1 Å². The van der Waals surface area contributed by atoms with Gasteiger partial charge in [-0.1, -0.05) is 48.0 Å². The summed E-state index contributed by atoms with van der Waals surface area (Å²) in [4.78, 5) is 16.0. The van der Waals surface area contributed by atoms with Crippen molar-refractivity contribution in [3.63, 3.8) is 0 Å². The van der Waals surface area contributed by atoms with Gasteiger partial charge in [0.05, 0.1) is 17.7 Å². The number of rotatable bonds is 4. The summed E-state index contributed by atoms with van der Waals surface area (Å²) in [6, 6.07) is 14.3. The molecule has 0 saturated heterocycles. The summed E-state index contributed by atoms with van der Waals surface area (Å²) in [5.41, 5.74) is 1.98. The molecule has 0 aliphatic rings. The van der Waals surface area contributed by atoms with Crippen molar-refractivity contribution in [1.29, 1.82) is 0 Å². The Labute approximate surface area is 144 Å². The SMILES string of the molecule is CCOC(=O)C(F)(F)c1cnc2ccccc2c1-c1cccc(C)c1. The van der Waals surface area contributed by atoms with Crippen LogP contribution < -0.4 is 0 Å². The minimum absolute atomic E-state index is 0.116. The summed E-state index contributed by atoms with van der Waals surface area (Å²) < 4.78 is 34.2. The molecular weight excluding hydrogens is 324 g/mol. The Morgan fingerprint density at radius 3 is 2.64 bits per heavy atom. The number of para-hydroxylation sites is 1. The summed E-state index contributed by atoms with van der Waals surface area (Å²) in [5, 5.41) is 0.564. The minimum atomic E-state index is -3.79. The first kappa shape index (κ1) is 17.0. The van der Waals surface area contributed by atoms with Gasteiger partial charge in [0.2, 0.25) is 0 Å². The number of aromatic nitrogens is 1. The van der Waals surface area contributed by atoms with Gasteiger partial charge >= 0.3 is 11.9 Å². The molecule has 3 rings (SSSR count). The molecule has 0 radical (unpaired) electrons. The standard InChI is InChI=1S/C20H17F2NO2/c1-3-25-19(24)20(21,22)16-12-23-17-10-5-4-9-15(17)18(16)14-8-6-7-13(2)11-14/h4-12H,3H2,1-2H3. The van der Waals surface area contributed by atoms with Crippen LogP contribution in [0.3, 0.4) is 0 Å². The molecule has 1 aromatic heterocycles. The zero-order valence-electron chi connectivity index (χ0n) is 13.9. The van der Waals surface area contributed by atoms with Crippen molar-refractivity contribution in [2.75, 3.05) is 6.61 Å². The van der Waals surface area contributed by atoms with E-state index in [1.807, 2.05) is 19.1 Å². The van der Waals surface area contributed by atoms with E-state index in [2.05, 4.69) is 9.72 Å². The number of fused-ring (bicyclic) bond motifs is 1. The Balaban J connectivity index is 2.33. The summed E-state index contributed by atoms with van der Waals surface area (Å²) in [6.45, 7) is 3.26. The van der Waals surface area contributed by atoms with E-state index in [0.717, 1.165) is 11.8 Å². The number of hydrogen-bond acceptors (Lipinski definition) is 3. The fourth-order valence-corrected chi connectivity index (χ4v) is 2.82. The molecule has 0 unspecified atom stereocenters. The Morgan fingerprint density at radius 2 is 1.92 bits per heavy atom. The number of carbonyl (C=O) groups is 1. The van der Waals surface area contributed by atoms with Crippen molar-refractivity contribution in [2.45, 2.75) is 19.8 Å². The molecule has 3 aromatic rings. The van der Waals surface area contributed by atoms with E-state index < -0.39 is 17.5 Å². The van der Waals surface area contributed by atoms with E-state index in [1.54, 1.807) is 36.4 Å². The lowest BCUT2D eigenvalue weighted by Gasteiger charge is -2.20. The molecule has 0 aliphatic heterocycles. The van der Waals surface area contributed by atoms with Gasteiger partial charge in [-0.2, -0.15) is 8.78 Å². The second kappa shape index (κ2) is 6.59. The topological polar surface area (TPSA) is 39.2 Å². The molecule has 128 valence electrons. The molecule has 5 heteroatoms. The zero-order chi connectivity index (χ0) is 18.0. The normalized spacial score (nSPS) is 11.5. The fraction of sp³-hybridized carbons (Fsp3) is 0.200. The average molecular weight is 341 g/mol. The number of benzene rings is 2. The van der Waals surface area contributed by atoms with Crippen molar-refractivity contribution in [3.8, 4) is 11.1 Å². The first-order valence-electron chi connectivity index (χ1n) is 7.95. The lowest BCUT2D eigenvalue weighted by Crippen LogP contribution is -2.29. The predicted molar refractivity (Wildman–Crippen MR) is 92.4 cm³/mol. The monoisotopic (exact) mass is 341 g/mol. The molecule has 2 aromatic carbocycles. The van der Waals surface area contributed by atoms with E-state index in [0.29, 0.717) is 22.0 Å². The van der Waals surface area contributed by atoms with Gasteiger partial charge in [-0.15, -0.1) is 0 Å². The third-order valence-electron chi connectivity index (χ3n) is 3.95. The van der Waals surface area contributed by atoms with Crippen LogP contribution in [0.5, 0.6) is 0 Å².